The van der Waals surface area contributed by atoms with Crippen molar-refractivity contribution in [3.63, 3.8) is 0 Å². The predicted octanol–water partition coefficient (Wildman–Crippen LogP) is 2.46. The van der Waals surface area contributed by atoms with E-state index in [1.807, 2.05) is 0 Å². The molecular weight excluding hydrogens is 190 g/mol. The minimum absolute atomic E-state index is 0.164. The Morgan fingerprint density at radius 1 is 1.57 bits per heavy atom. The molecule has 0 bridgehead atoms. The van der Waals surface area contributed by atoms with Crippen molar-refractivity contribution in [1.82, 2.24) is 9.78 Å². The monoisotopic (exact) mass is 202 g/mol. The summed E-state index contributed by atoms with van der Waals surface area (Å²) in [4.78, 5) is 0. The molecule has 2 rings (SSSR count). The van der Waals surface area contributed by atoms with Gasteiger partial charge < -0.3 is 4.74 Å². The number of nitrogens with zero attached hydrogens (tertiary/aromatic N) is 2. The van der Waals surface area contributed by atoms with E-state index in [2.05, 4.69) is 16.8 Å². The van der Waals surface area contributed by atoms with E-state index in [1.54, 1.807) is 4.68 Å². The zero-order valence-corrected chi connectivity index (χ0v) is 7.86. The highest BCUT2D eigenvalue weighted by atomic mass is 19.3. The van der Waals surface area contributed by atoms with Gasteiger partial charge in [-0.25, -0.2) is 4.68 Å². The summed E-state index contributed by atoms with van der Waals surface area (Å²) in [7, 11) is 0. The Morgan fingerprint density at radius 3 is 2.86 bits per heavy atom. The van der Waals surface area contributed by atoms with Gasteiger partial charge >= 0.3 is 6.61 Å². The lowest BCUT2D eigenvalue weighted by Crippen LogP contribution is -2.26. The summed E-state index contributed by atoms with van der Waals surface area (Å²) in [5.74, 6) is 0.820. The van der Waals surface area contributed by atoms with Gasteiger partial charge in [-0.1, -0.05) is 6.92 Å². The number of halogens is 2. The molecule has 1 aliphatic rings. The molecular formula is C9H12F2N2O. The molecule has 0 aromatic carbocycles. The lowest BCUT2D eigenvalue weighted by atomic mass is 9.82. The highest BCUT2D eigenvalue weighted by Gasteiger charge is 2.29. The van der Waals surface area contributed by atoms with Crippen LogP contribution in [0.25, 0.3) is 0 Å². The van der Waals surface area contributed by atoms with Crippen LogP contribution < -0.4 is 4.74 Å². The number of hydrogen-bond donors (Lipinski definition) is 0. The third-order valence-corrected chi connectivity index (χ3v) is 2.54. The normalized spacial score (nSPS) is 26.3. The van der Waals surface area contributed by atoms with Gasteiger partial charge in [-0.05, 0) is 18.8 Å². The molecule has 5 heteroatoms. The van der Waals surface area contributed by atoms with Crippen LogP contribution in [-0.2, 0) is 0 Å². The van der Waals surface area contributed by atoms with Gasteiger partial charge in [0.1, 0.15) is 0 Å². The molecule has 14 heavy (non-hydrogen) atoms. The molecule has 1 saturated carbocycles. The Morgan fingerprint density at radius 2 is 2.29 bits per heavy atom. The van der Waals surface area contributed by atoms with Crippen LogP contribution in [0.4, 0.5) is 8.78 Å². The Bertz CT molecular complexity index is 308. The van der Waals surface area contributed by atoms with Crippen LogP contribution in [-0.4, -0.2) is 16.4 Å². The Labute approximate surface area is 80.7 Å². The van der Waals surface area contributed by atoms with Crippen LogP contribution in [0, 0.1) is 5.92 Å². The minimum atomic E-state index is -2.78. The molecule has 0 radical (unpaired) electrons. The van der Waals surface area contributed by atoms with Crippen molar-refractivity contribution < 1.29 is 13.5 Å². The summed E-state index contributed by atoms with van der Waals surface area (Å²) in [6.45, 7) is -0.642. The van der Waals surface area contributed by atoms with Gasteiger partial charge in [0.15, 0.2) is 0 Å². The largest absolute Gasteiger partial charge is 0.417 e. The first kappa shape index (κ1) is 9.43. The van der Waals surface area contributed by atoms with Gasteiger partial charge in [-0.3, -0.25) is 0 Å². The highest BCUT2D eigenvalue weighted by Crippen LogP contribution is 2.38. The van der Waals surface area contributed by atoms with Gasteiger partial charge in [-0.2, -0.15) is 13.9 Å². The zero-order valence-electron chi connectivity index (χ0n) is 7.86. The van der Waals surface area contributed by atoms with Gasteiger partial charge in [0, 0.05) is 6.07 Å². The molecule has 0 saturated heterocycles. The molecule has 78 valence electrons. The van der Waals surface area contributed by atoms with Crippen LogP contribution in [0.15, 0.2) is 12.3 Å². The zero-order chi connectivity index (χ0) is 10.1. The van der Waals surface area contributed by atoms with E-state index in [1.165, 1.54) is 12.3 Å². The van der Waals surface area contributed by atoms with Crippen molar-refractivity contribution >= 4 is 0 Å². The first-order valence-electron chi connectivity index (χ1n) is 4.65. The Hall–Kier alpha value is -1.13. The number of hydrogen-bond acceptors (Lipinski definition) is 2. The van der Waals surface area contributed by atoms with E-state index in [9.17, 15) is 8.78 Å². The second-order valence-electron chi connectivity index (χ2n) is 3.72. The van der Waals surface area contributed by atoms with Crippen molar-refractivity contribution in [1.29, 1.82) is 0 Å². The maximum atomic E-state index is 12.0. The standard InChI is InChI=1S/C9H12F2N2O/c1-6-4-7(5-6)13-8(2-3-12-13)14-9(10)11/h2-3,6-7,9H,4-5H2,1H3. The lowest BCUT2D eigenvalue weighted by Gasteiger charge is -2.33. The van der Waals surface area contributed by atoms with Crippen LogP contribution in [0.3, 0.4) is 0 Å². The molecule has 1 heterocycles. The van der Waals surface area contributed by atoms with E-state index in [0.29, 0.717) is 5.92 Å². The van der Waals surface area contributed by atoms with E-state index in [-0.39, 0.29) is 11.9 Å². The second kappa shape index (κ2) is 3.55. The smallest absolute Gasteiger partial charge is 0.388 e. The molecule has 3 nitrogen and oxygen atoms in total. The summed E-state index contributed by atoms with van der Waals surface area (Å²) in [5.41, 5.74) is 0. The van der Waals surface area contributed by atoms with E-state index < -0.39 is 6.61 Å². The van der Waals surface area contributed by atoms with Gasteiger partial charge in [-0.15, -0.1) is 0 Å². The third-order valence-electron chi connectivity index (χ3n) is 2.54. The molecule has 0 unspecified atom stereocenters. The summed E-state index contributed by atoms with van der Waals surface area (Å²) in [6, 6.07) is 1.70. The SMILES string of the molecule is CC1CC(n2nccc2OC(F)F)C1. The molecule has 0 amide bonds. The first-order valence-corrected chi connectivity index (χ1v) is 4.65. The summed E-state index contributed by atoms with van der Waals surface area (Å²) in [6.07, 6.45) is 3.46. The van der Waals surface area contributed by atoms with Crippen molar-refractivity contribution in [3.05, 3.63) is 12.3 Å². The predicted molar refractivity (Wildman–Crippen MR) is 46.3 cm³/mol. The molecule has 1 fully saturated rings. The van der Waals surface area contributed by atoms with Crippen LogP contribution >= 0.6 is 0 Å². The van der Waals surface area contributed by atoms with E-state index in [4.69, 9.17) is 0 Å². The molecule has 0 N–H and O–H groups in total. The fourth-order valence-electron chi connectivity index (χ4n) is 1.82. The topological polar surface area (TPSA) is 27.1 Å². The van der Waals surface area contributed by atoms with Gasteiger partial charge in [0.05, 0.1) is 12.2 Å². The van der Waals surface area contributed by atoms with E-state index in [0.717, 1.165) is 12.8 Å². The maximum Gasteiger partial charge on any atom is 0.388 e. The average Bonchev–Trinajstić information content (AvgIpc) is 2.45. The Balaban J connectivity index is 2.06. The van der Waals surface area contributed by atoms with Gasteiger partial charge in [0.25, 0.3) is 0 Å². The third kappa shape index (κ3) is 1.71. The van der Waals surface area contributed by atoms with Crippen molar-refractivity contribution in [2.24, 2.45) is 5.92 Å². The molecule has 1 aromatic rings. The summed E-state index contributed by atoms with van der Waals surface area (Å²) >= 11 is 0. The molecule has 0 atom stereocenters. The number of rotatable bonds is 3. The van der Waals surface area contributed by atoms with Crippen LogP contribution in [0.2, 0.25) is 0 Å². The van der Waals surface area contributed by atoms with Crippen molar-refractivity contribution in [2.45, 2.75) is 32.4 Å². The first-order chi connectivity index (χ1) is 6.66. The van der Waals surface area contributed by atoms with Crippen molar-refractivity contribution in [3.8, 4) is 5.88 Å². The molecule has 1 aromatic heterocycles. The minimum Gasteiger partial charge on any atom is -0.417 e. The number of alkyl halides is 2. The van der Waals surface area contributed by atoms with Crippen LogP contribution in [0.5, 0.6) is 5.88 Å². The summed E-state index contributed by atoms with van der Waals surface area (Å²) in [5, 5.41) is 3.98. The molecule has 0 aliphatic heterocycles. The number of ether oxygens (including phenoxy) is 1. The maximum absolute atomic E-state index is 12.0. The lowest BCUT2D eigenvalue weighted by molar-refractivity contribution is -0.0582. The average molecular weight is 202 g/mol. The Kier molecular flexibility index (Phi) is 2.39. The molecule has 0 spiro atoms. The number of aromatic nitrogens is 2. The summed E-state index contributed by atoms with van der Waals surface area (Å²) < 4.78 is 29.8. The van der Waals surface area contributed by atoms with Crippen molar-refractivity contribution in [2.75, 3.05) is 0 Å². The fourth-order valence-corrected chi connectivity index (χ4v) is 1.82. The van der Waals surface area contributed by atoms with Crippen LogP contribution in [0.1, 0.15) is 25.8 Å². The molecule has 1 aliphatic carbocycles. The fraction of sp³-hybridized carbons (Fsp3) is 0.667. The second-order valence-corrected chi connectivity index (χ2v) is 3.72. The van der Waals surface area contributed by atoms with E-state index >= 15 is 0 Å². The quantitative estimate of drug-likeness (QED) is 0.752. The van der Waals surface area contributed by atoms with Gasteiger partial charge in [0.2, 0.25) is 5.88 Å². The highest BCUT2D eigenvalue weighted by molar-refractivity contribution is 5.10.